The first-order chi connectivity index (χ1) is 14.5. The van der Waals surface area contributed by atoms with E-state index in [0.717, 1.165) is 0 Å². The van der Waals surface area contributed by atoms with Crippen LogP contribution in [0.1, 0.15) is 12.8 Å². The number of carbonyl (C=O) groups is 5. The molecule has 13 nitrogen and oxygen atoms in total. The van der Waals surface area contributed by atoms with Gasteiger partial charge in [-0.25, -0.2) is 4.79 Å². The highest BCUT2D eigenvalue weighted by Gasteiger charge is 2.17. The van der Waals surface area contributed by atoms with Gasteiger partial charge in [-0.3, -0.25) is 14.4 Å². The SMILES string of the molecule is O=CCOCCOCCNC(=O)COCCOCNC(=O)CC[C@H](NC=O)C(=O)O. The molecular weight excluding hydrogens is 406 g/mol. The Morgan fingerprint density at radius 2 is 1.57 bits per heavy atom. The van der Waals surface area contributed by atoms with Crippen LogP contribution >= 0.6 is 0 Å². The Kier molecular flexibility index (Phi) is 18.0. The number of rotatable bonds is 21. The number of amides is 3. The van der Waals surface area contributed by atoms with Crippen molar-refractivity contribution in [3.05, 3.63) is 0 Å². The van der Waals surface area contributed by atoms with E-state index in [-0.39, 0.29) is 58.3 Å². The van der Waals surface area contributed by atoms with E-state index in [2.05, 4.69) is 16.0 Å². The summed E-state index contributed by atoms with van der Waals surface area (Å²) in [7, 11) is 0. The van der Waals surface area contributed by atoms with Crippen molar-refractivity contribution in [2.75, 3.05) is 59.5 Å². The third-order valence-corrected chi connectivity index (χ3v) is 3.33. The predicted octanol–water partition coefficient (Wildman–Crippen LogP) is -2.58. The molecule has 0 fully saturated rings. The summed E-state index contributed by atoms with van der Waals surface area (Å²) in [5.41, 5.74) is 0. The maximum absolute atomic E-state index is 11.5. The minimum absolute atomic E-state index is 0.0287. The first-order valence-corrected chi connectivity index (χ1v) is 9.21. The molecule has 0 bridgehead atoms. The molecule has 0 spiro atoms. The molecule has 0 aromatic carbocycles. The Hall–Kier alpha value is -2.61. The lowest BCUT2D eigenvalue weighted by Crippen LogP contribution is -2.37. The number of ether oxygens (including phenoxy) is 4. The Morgan fingerprint density at radius 1 is 0.867 bits per heavy atom. The second kappa shape index (κ2) is 19.7. The summed E-state index contributed by atoms with van der Waals surface area (Å²) in [5.74, 6) is -1.96. The minimum Gasteiger partial charge on any atom is -0.480 e. The van der Waals surface area contributed by atoms with E-state index in [1.807, 2.05) is 0 Å². The number of hydrogen-bond donors (Lipinski definition) is 4. The number of carboxylic acid groups (broad SMARTS) is 1. The van der Waals surface area contributed by atoms with E-state index < -0.39 is 17.9 Å². The van der Waals surface area contributed by atoms with Gasteiger partial charge in [-0.2, -0.15) is 0 Å². The number of aliphatic carboxylic acids is 1. The smallest absolute Gasteiger partial charge is 0.326 e. The lowest BCUT2D eigenvalue weighted by Gasteiger charge is -2.11. The van der Waals surface area contributed by atoms with Crippen molar-refractivity contribution in [3.63, 3.8) is 0 Å². The molecule has 3 amide bonds. The quantitative estimate of drug-likeness (QED) is 0.0850. The van der Waals surface area contributed by atoms with Crippen LogP contribution in [0.15, 0.2) is 0 Å². The van der Waals surface area contributed by atoms with Gasteiger partial charge in [0, 0.05) is 13.0 Å². The highest BCUT2D eigenvalue weighted by Crippen LogP contribution is 1.97. The highest BCUT2D eigenvalue weighted by atomic mass is 16.5. The molecule has 0 saturated heterocycles. The van der Waals surface area contributed by atoms with Gasteiger partial charge in [0.2, 0.25) is 18.2 Å². The van der Waals surface area contributed by atoms with Crippen molar-refractivity contribution in [2.24, 2.45) is 0 Å². The fourth-order valence-electron chi connectivity index (χ4n) is 1.88. The largest absolute Gasteiger partial charge is 0.480 e. The van der Waals surface area contributed by atoms with Crippen LogP contribution in [0.25, 0.3) is 0 Å². The Morgan fingerprint density at radius 3 is 2.27 bits per heavy atom. The average Bonchev–Trinajstić information content (AvgIpc) is 2.72. The Balaban J connectivity index is 3.48. The Labute approximate surface area is 173 Å². The van der Waals surface area contributed by atoms with Crippen molar-refractivity contribution in [3.8, 4) is 0 Å². The van der Waals surface area contributed by atoms with Gasteiger partial charge in [0.15, 0.2) is 0 Å². The molecule has 0 saturated carbocycles. The molecule has 172 valence electrons. The third-order valence-electron chi connectivity index (χ3n) is 3.33. The van der Waals surface area contributed by atoms with Gasteiger partial charge in [-0.1, -0.05) is 0 Å². The predicted molar refractivity (Wildman–Crippen MR) is 100 cm³/mol. The summed E-state index contributed by atoms with van der Waals surface area (Å²) in [5, 5.41) is 15.9. The van der Waals surface area contributed by atoms with E-state index in [1.165, 1.54) is 0 Å². The first-order valence-electron chi connectivity index (χ1n) is 9.21. The number of carboxylic acids is 1. The zero-order valence-electron chi connectivity index (χ0n) is 16.6. The van der Waals surface area contributed by atoms with E-state index in [4.69, 9.17) is 24.1 Å². The molecule has 0 aromatic heterocycles. The van der Waals surface area contributed by atoms with Crippen molar-refractivity contribution in [1.29, 1.82) is 0 Å². The van der Waals surface area contributed by atoms with Crippen LogP contribution in [-0.2, 0) is 42.9 Å². The molecule has 30 heavy (non-hydrogen) atoms. The summed E-state index contributed by atoms with van der Waals surface area (Å²) in [6.45, 7) is 1.29. The molecule has 13 heteroatoms. The van der Waals surface area contributed by atoms with Crippen LogP contribution in [0, 0.1) is 0 Å². The van der Waals surface area contributed by atoms with Gasteiger partial charge >= 0.3 is 5.97 Å². The van der Waals surface area contributed by atoms with E-state index in [1.54, 1.807) is 0 Å². The van der Waals surface area contributed by atoms with Gasteiger partial charge in [0.1, 0.15) is 32.3 Å². The summed E-state index contributed by atoms with van der Waals surface area (Å²) in [6, 6.07) is -1.12. The van der Waals surface area contributed by atoms with Crippen LogP contribution < -0.4 is 16.0 Å². The van der Waals surface area contributed by atoms with Crippen LogP contribution in [0.4, 0.5) is 0 Å². The normalized spacial score (nSPS) is 11.3. The monoisotopic (exact) mass is 435 g/mol. The minimum atomic E-state index is -1.22. The molecule has 0 aromatic rings. The molecule has 0 unspecified atom stereocenters. The van der Waals surface area contributed by atoms with Crippen LogP contribution in [0.2, 0.25) is 0 Å². The summed E-state index contributed by atoms with van der Waals surface area (Å²) in [6.07, 6.45) is 0.782. The topological polar surface area (TPSA) is 179 Å². The van der Waals surface area contributed by atoms with Crippen molar-refractivity contribution >= 4 is 30.5 Å². The number of nitrogens with one attached hydrogen (secondary N) is 3. The molecule has 0 heterocycles. The summed E-state index contributed by atoms with van der Waals surface area (Å²) in [4.78, 5) is 54.1. The fraction of sp³-hybridized carbons (Fsp3) is 0.706. The average molecular weight is 435 g/mol. The van der Waals surface area contributed by atoms with Crippen LogP contribution in [0.3, 0.4) is 0 Å². The summed E-state index contributed by atoms with van der Waals surface area (Å²) >= 11 is 0. The molecule has 4 N–H and O–H groups in total. The number of hydrogen-bond acceptors (Lipinski definition) is 9. The van der Waals surface area contributed by atoms with E-state index in [0.29, 0.717) is 32.7 Å². The van der Waals surface area contributed by atoms with Crippen LogP contribution in [-0.4, -0.2) is 101 Å². The number of carbonyl (C=O) groups excluding carboxylic acids is 4. The zero-order chi connectivity index (χ0) is 22.5. The van der Waals surface area contributed by atoms with E-state index in [9.17, 15) is 24.0 Å². The van der Waals surface area contributed by atoms with Crippen LogP contribution in [0.5, 0.6) is 0 Å². The fourth-order valence-corrected chi connectivity index (χ4v) is 1.88. The molecule has 0 rings (SSSR count). The maximum atomic E-state index is 11.5. The highest BCUT2D eigenvalue weighted by molar-refractivity contribution is 5.79. The van der Waals surface area contributed by atoms with Crippen molar-refractivity contribution in [1.82, 2.24) is 16.0 Å². The van der Waals surface area contributed by atoms with Gasteiger partial charge < -0.3 is 44.8 Å². The second-order valence-corrected chi connectivity index (χ2v) is 5.62. The van der Waals surface area contributed by atoms with Gasteiger partial charge in [-0.15, -0.1) is 0 Å². The van der Waals surface area contributed by atoms with Crippen molar-refractivity contribution in [2.45, 2.75) is 18.9 Å². The molecule has 1 atom stereocenters. The molecular formula is C17H29N3O10. The molecule has 0 aliphatic rings. The Bertz CT molecular complexity index is 518. The standard InChI is InChI=1S/C17H29N3O10/c21-4-6-28-8-7-27-5-3-18-16(24)11-29-9-10-30-13-20-15(23)2-1-14(17(25)26)19-12-22/h4,12,14H,1-3,5-11,13H2,(H,18,24)(H,19,22)(H,20,23)(H,25,26)/t14-/m0/s1. The molecule has 0 aliphatic carbocycles. The summed E-state index contributed by atoms with van der Waals surface area (Å²) < 4.78 is 20.3. The molecule has 0 radical (unpaired) electrons. The lowest BCUT2D eigenvalue weighted by atomic mass is 10.1. The van der Waals surface area contributed by atoms with Crippen molar-refractivity contribution < 1.29 is 48.0 Å². The first kappa shape index (κ1) is 27.4. The van der Waals surface area contributed by atoms with Gasteiger partial charge in [-0.05, 0) is 6.42 Å². The third kappa shape index (κ3) is 17.5. The van der Waals surface area contributed by atoms with Gasteiger partial charge in [0.05, 0.1) is 33.0 Å². The number of aldehydes is 1. The van der Waals surface area contributed by atoms with E-state index >= 15 is 0 Å². The van der Waals surface area contributed by atoms with Gasteiger partial charge in [0.25, 0.3) is 0 Å². The lowest BCUT2D eigenvalue weighted by molar-refractivity contribution is -0.140. The maximum Gasteiger partial charge on any atom is 0.326 e. The zero-order valence-corrected chi connectivity index (χ0v) is 16.6. The molecule has 0 aliphatic heterocycles. The second-order valence-electron chi connectivity index (χ2n) is 5.62.